The number of thioether (sulfide) groups is 1. The van der Waals surface area contributed by atoms with E-state index in [0.29, 0.717) is 24.2 Å². The van der Waals surface area contributed by atoms with Gasteiger partial charge in [0, 0.05) is 30.0 Å². The minimum atomic E-state index is -1.54. The van der Waals surface area contributed by atoms with Gasteiger partial charge in [-0.15, -0.1) is 23.1 Å². The molecule has 3 aliphatic rings. The van der Waals surface area contributed by atoms with Crippen LogP contribution in [-0.4, -0.2) is 67.2 Å². The SMILES string of the molecule is Nc1ccc[n+](CC=CC2=C(C(=O)[O-])N3C(=O)C(NC(=O)/C(=N\OC4(C(=O)O)CCC4)c4csc(N)n4)[C@H]3SC2)c1. The van der Waals surface area contributed by atoms with E-state index in [2.05, 4.69) is 15.5 Å². The van der Waals surface area contributed by atoms with Crippen LogP contribution in [0.2, 0.25) is 0 Å². The number of fused-ring (bicyclic) bond motifs is 1. The fraction of sp³-hybridized carbons (Fsp3) is 0.320. The van der Waals surface area contributed by atoms with Crippen molar-refractivity contribution in [2.75, 3.05) is 17.2 Å². The quantitative estimate of drug-likeness (QED) is 0.112. The number of oxime groups is 1. The van der Waals surface area contributed by atoms with Gasteiger partial charge in [0.15, 0.2) is 29.8 Å². The van der Waals surface area contributed by atoms with Crippen molar-refractivity contribution in [2.45, 2.75) is 42.8 Å². The summed E-state index contributed by atoms with van der Waals surface area (Å²) in [5.41, 5.74) is 10.3. The number of pyridine rings is 1. The molecular weight excluding hydrogens is 574 g/mol. The molecule has 14 nitrogen and oxygen atoms in total. The zero-order valence-corrected chi connectivity index (χ0v) is 23.0. The highest BCUT2D eigenvalue weighted by atomic mass is 32.2. The van der Waals surface area contributed by atoms with Crippen LogP contribution in [-0.2, 0) is 30.6 Å². The lowest BCUT2D eigenvalue weighted by Gasteiger charge is -2.50. The fourth-order valence-corrected chi connectivity index (χ4v) is 6.38. The summed E-state index contributed by atoms with van der Waals surface area (Å²) in [5, 5.41) is 28.9. The summed E-state index contributed by atoms with van der Waals surface area (Å²) < 4.78 is 1.81. The molecule has 1 aliphatic carbocycles. The van der Waals surface area contributed by atoms with Crippen molar-refractivity contribution in [1.29, 1.82) is 0 Å². The molecule has 6 N–H and O–H groups in total. The third-order valence-electron chi connectivity index (χ3n) is 6.84. The molecule has 16 heteroatoms. The van der Waals surface area contributed by atoms with E-state index in [1.165, 1.54) is 17.1 Å². The number of carboxylic acid groups (broad SMARTS) is 2. The van der Waals surface area contributed by atoms with Gasteiger partial charge in [-0.1, -0.05) is 11.2 Å². The second kappa shape index (κ2) is 11.2. The average molecular weight is 600 g/mol. The molecule has 1 saturated carbocycles. The maximum absolute atomic E-state index is 13.3. The zero-order chi connectivity index (χ0) is 29.3. The molecule has 2 atom stereocenters. The molecular formula is C25H25N7O7S2. The number of hydrogen-bond acceptors (Lipinski definition) is 12. The molecule has 2 aromatic heterocycles. The minimum absolute atomic E-state index is 0.0468. The number of aliphatic carboxylic acids is 2. The van der Waals surface area contributed by atoms with Crippen LogP contribution in [0, 0.1) is 0 Å². The van der Waals surface area contributed by atoms with E-state index in [0.717, 1.165) is 16.2 Å². The summed E-state index contributed by atoms with van der Waals surface area (Å²) in [6.07, 6.45) is 7.98. The van der Waals surface area contributed by atoms with Crippen molar-refractivity contribution in [1.82, 2.24) is 15.2 Å². The van der Waals surface area contributed by atoms with Crippen LogP contribution in [0.25, 0.3) is 0 Å². The topological polar surface area (TPSA) is 217 Å². The number of hydrogen-bond donors (Lipinski definition) is 4. The number of aromatic nitrogens is 2. The third-order valence-corrected chi connectivity index (χ3v) is 8.81. The van der Waals surface area contributed by atoms with Crippen LogP contribution < -0.4 is 26.5 Å². The largest absolute Gasteiger partial charge is 0.543 e. The van der Waals surface area contributed by atoms with E-state index in [-0.39, 0.29) is 40.8 Å². The Kier molecular flexibility index (Phi) is 7.68. The second-order valence-corrected chi connectivity index (χ2v) is 11.5. The number of nitrogens with zero attached hydrogens (tertiary/aromatic N) is 4. The molecule has 2 aromatic rings. The average Bonchev–Trinajstić information content (AvgIpc) is 3.33. The van der Waals surface area contributed by atoms with Crippen molar-refractivity contribution in [3.8, 4) is 0 Å². The number of amides is 2. The highest BCUT2D eigenvalue weighted by molar-refractivity contribution is 8.00. The summed E-state index contributed by atoms with van der Waals surface area (Å²) in [6.45, 7) is 0.421. The van der Waals surface area contributed by atoms with Gasteiger partial charge in [0.05, 0.1) is 17.4 Å². The number of carbonyl (C=O) groups is 4. The van der Waals surface area contributed by atoms with Crippen molar-refractivity contribution in [3.05, 3.63) is 59.0 Å². The standard InChI is InChI=1S/C25H25N7O7S2/c26-14-5-2-9-31(10-14)8-1-4-13-11-40-21-17(20(34)32(21)18(13)22(35)36)29-19(33)16(15-12-41-24(27)28-15)30-39-25(23(37)38)6-3-7-25/h1-2,4-5,9-10,12,17,21H,3,6-8,11,26H2,(H4-,27,28,29,33,35,36,37,38)/b4-1?,30-16-/t17?,21-/m1/s1. The lowest BCUT2D eigenvalue weighted by Crippen LogP contribution is -2.71. The molecule has 0 radical (unpaired) electrons. The molecule has 0 spiro atoms. The smallest absolute Gasteiger partial charge is 0.350 e. The molecule has 2 fully saturated rings. The molecule has 41 heavy (non-hydrogen) atoms. The molecule has 0 bridgehead atoms. The number of carbonyl (C=O) groups excluding carboxylic acids is 3. The molecule has 1 unspecified atom stereocenters. The number of anilines is 2. The van der Waals surface area contributed by atoms with Crippen LogP contribution in [0.5, 0.6) is 0 Å². The third kappa shape index (κ3) is 5.47. The number of nitrogen functional groups attached to an aromatic ring is 2. The zero-order valence-electron chi connectivity index (χ0n) is 21.4. The summed E-state index contributed by atoms with van der Waals surface area (Å²) in [7, 11) is 0. The predicted molar refractivity (Wildman–Crippen MR) is 146 cm³/mol. The second-order valence-electron chi connectivity index (χ2n) is 9.51. The van der Waals surface area contributed by atoms with E-state index >= 15 is 0 Å². The van der Waals surface area contributed by atoms with Crippen LogP contribution in [0.15, 0.2) is 58.5 Å². The van der Waals surface area contributed by atoms with E-state index in [9.17, 15) is 29.4 Å². The summed E-state index contributed by atoms with van der Waals surface area (Å²) in [5.74, 6) is -3.97. The molecule has 214 valence electrons. The number of nitrogens with two attached hydrogens (primary N) is 2. The molecule has 2 aliphatic heterocycles. The molecule has 5 rings (SSSR count). The van der Waals surface area contributed by atoms with Gasteiger partial charge in [0.25, 0.3) is 11.8 Å². The maximum Gasteiger partial charge on any atom is 0.350 e. The van der Waals surface area contributed by atoms with Crippen molar-refractivity contribution in [3.63, 3.8) is 0 Å². The number of allylic oxidation sites excluding steroid dienone is 2. The first-order chi connectivity index (χ1) is 19.6. The van der Waals surface area contributed by atoms with Crippen LogP contribution in [0.1, 0.15) is 25.0 Å². The minimum Gasteiger partial charge on any atom is -0.543 e. The number of carboxylic acids is 2. The predicted octanol–water partition coefficient (Wildman–Crippen LogP) is -1.02. The Balaban J connectivity index is 1.32. The van der Waals surface area contributed by atoms with E-state index in [4.69, 9.17) is 16.3 Å². The number of thiazole rings is 1. The van der Waals surface area contributed by atoms with Gasteiger partial charge in [0.2, 0.25) is 5.60 Å². The summed E-state index contributed by atoms with van der Waals surface area (Å²) >= 11 is 2.31. The molecule has 0 aromatic carbocycles. The van der Waals surface area contributed by atoms with Crippen LogP contribution in [0.4, 0.5) is 10.8 Å². The highest BCUT2D eigenvalue weighted by Gasteiger charge is 2.53. The first kappa shape index (κ1) is 28.1. The Morgan fingerprint density at radius 1 is 1.37 bits per heavy atom. The number of rotatable bonds is 10. The normalized spacial score (nSPS) is 21.6. The molecule has 4 heterocycles. The van der Waals surface area contributed by atoms with Gasteiger partial charge >= 0.3 is 5.97 Å². The Hall–Kier alpha value is -4.44. The molecule has 2 amide bonds. The van der Waals surface area contributed by atoms with Crippen LogP contribution >= 0.6 is 23.1 Å². The van der Waals surface area contributed by atoms with Crippen molar-refractivity contribution >= 4 is 63.4 Å². The fourth-order valence-electron chi connectivity index (χ4n) is 4.52. The molecule has 1 saturated heterocycles. The van der Waals surface area contributed by atoms with Gasteiger partial charge in [-0.25, -0.2) is 9.78 Å². The summed E-state index contributed by atoms with van der Waals surface area (Å²) in [6, 6.07) is 2.45. The lowest BCUT2D eigenvalue weighted by atomic mass is 9.80. The monoisotopic (exact) mass is 599 g/mol. The Morgan fingerprint density at radius 2 is 2.15 bits per heavy atom. The Labute approximate surface area is 241 Å². The van der Waals surface area contributed by atoms with Crippen LogP contribution in [0.3, 0.4) is 0 Å². The van der Waals surface area contributed by atoms with E-state index < -0.39 is 40.8 Å². The summed E-state index contributed by atoms with van der Waals surface area (Å²) in [4.78, 5) is 60.5. The first-order valence-corrected chi connectivity index (χ1v) is 14.3. The Morgan fingerprint density at radius 3 is 2.76 bits per heavy atom. The highest BCUT2D eigenvalue weighted by Crippen LogP contribution is 2.40. The van der Waals surface area contributed by atoms with Gasteiger partial charge in [-0.05, 0) is 24.1 Å². The van der Waals surface area contributed by atoms with E-state index in [1.807, 2.05) is 10.8 Å². The van der Waals surface area contributed by atoms with Gasteiger partial charge in [-0.2, -0.15) is 4.57 Å². The number of β-lactam (4-membered cyclic amide) rings is 1. The van der Waals surface area contributed by atoms with Crippen molar-refractivity contribution < 1.29 is 38.8 Å². The van der Waals surface area contributed by atoms with Gasteiger partial charge in [0.1, 0.15) is 17.1 Å². The van der Waals surface area contributed by atoms with E-state index in [1.54, 1.807) is 30.5 Å². The maximum atomic E-state index is 13.3. The van der Waals surface area contributed by atoms with Crippen molar-refractivity contribution in [2.24, 2.45) is 5.16 Å². The lowest BCUT2D eigenvalue weighted by molar-refractivity contribution is -0.686. The first-order valence-electron chi connectivity index (χ1n) is 12.4. The number of nitrogens with one attached hydrogen (secondary N) is 1. The van der Waals surface area contributed by atoms with Gasteiger partial charge in [-0.3, -0.25) is 14.5 Å². The van der Waals surface area contributed by atoms with Gasteiger partial charge < -0.3 is 36.6 Å². The Bertz CT molecular complexity index is 1510.